The predicted molar refractivity (Wildman–Crippen MR) is 83.1 cm³/mol. The fraction of sp³-hybridized carbons (Fsp3) is 0.267. The molecule has 0 aromatic heterocycles. The Bertz CT molecular complexity index is 836. The quantitative estimate of drug-likeness (QED) is 0.257. The molecular weight excluding hydrogens is 347 g/mol. The van der Waals surface area contributed by atoms with Crippen LogP contribution in [0.3, 0.4) is 0 Å². The molecule has 24 heavy (non-hydrogen) atoms. The topological polar surface area (TPSA) is 69.4 Å². The maximum Gasteiger partial charge on any atom is 0.485 e. The Hall–Kier alpha value is -2.13. The monoisotopic (exact) mass is 363 g/mol. The van der Waals surface area contributed by atoms with Gasteiger partial charge in [0.05, 0.1) is 6.92 Å². The summed E-state index contributed by atoms with van der Waals surface area (Å²) >= 11 is 0. The highest BCUT2D eigenvalue weighted by atomic mass is 32.2. The Kier molecular flexibility index (Phi) is 6.33. The van der Waals surface area contributed by atoms with E-state index in [0.717, 1.165) is 17.0 Å². The summed E-state index contributed by atoms with van der Waals surface area (Å²) in [6.45, 7) is 1.96. The SMILES string of the molecule is CC(Oc1cccc2ccccc12)=[N+](C)C.O=S(=O)([O-])C(F)(F)F. The average molecular weight is 363 g/mol. The molecular formula is C15H16F3NO4S. The van der Waals surface area contributed by atoms with Crippen molar-refractivity contribution in [1.82, 2.24) is 0 Å². The molecule has 0 fully saturated rings. The lowest BCUT2D eigenvalue weighted by atomic mass is 10.1. The van der Waals surface area contributed by atoms with Crippen molar-refractivity contribution in [3.63, 3.8) is 0 Å². The van der Waals surface area contributed by atoms with Crippen molar-refractivity contribution in [2.45, 2.75) is 12.4 Å². The van der Waals surface area contributed by atoms with Gasteiger partial charge in [-0.15, -0.1) is 0 Å². The van der Waals surface area contributed by atoms with Crippen LogP contribution in [-0.4, -0.2) is 43.0 Å². The molecule has 0 aliphatic carbocycles. The van der Waals surface area contributed by atoms with Crippen LogP contribution in [0.4, 0.5) is 13.2 Å². The smallest absolute Gasteiger partial charge is 0.485 e. The number of halogens is 3. The first-order valence-electron chi connectivity index (χ1n) is 6.62. The number of ether oxygens (including phenoxy) is 1. The second-order valence-electron chi connectivity index (χ2n) is 4.89. The third-order valence-corrected chi connectivity index (χ3v) is 3.49. The van der Waals surface area contributed by atoms with E-state index in [1.165, 1.54) is 5.39 Å². The first-order valence-corrected chi connectivity index (χ1v) is 8.03. The van der Waals surface area contributed by atoms with Gasteiger partial charge in [0.25, 0.3) is 0 Å². The molecule has 0 N–H and O–H groups in total. The molecule has 0 aliphatic rings. The lowest BCUT2D eigenvalue weighted by molar-refractivity contribution is -0.472. The van der Waals surface area contributed by atoms with E-state index in [1.54, 1.807) is 0 Å². The summed E-state index contributed by atoms with van der Waals surface area (Å²) in [5.41, 5.74) is -5.65. The molecule has 0 heterocycles. The van der Waals surface area contributed by atoms with Crippen molar-refractivity contribution >= 4 is 26.8 Å². The van der Waals surface area contributed by atoms with Gasteiger partial charge in [0, 0.05) is 5.39 Å². The normalized spacial score (nSPS) is 11.5. The number of benzene rings is 2. The molecule has 0 saturated carbocycles. The van der Waals surface area contributed by atoms with Gasteiger partial charge in [0.15, 0.2) is 10.1 Å². The highest BCUT2D eigenvalue weighted by Gasteiger charge is 2.36. The van der Waals surface area contributed by atoms with Crippen LogP contribution >= 0.6 is 0 Å². The molecule has 0 bridgehead atoms. The molecule has 9 heteroatoms. The molecule has 132 valence electrons. The van der Waals surface area contributed by atoms with E-state index in [0.29, 0.717) is 0 Å². The van der Waals surface area contributed by atoms with Crippen LogP contribution in [0.5, 0.6) is 5.75 Å². The van der Waals surface area contributed by atoms with Gasteiger partial charge < -0.3 is 9.29 Å². The second kappa shape index (κ2) is 7.63. The molecule has 5 nitrogen and oxygen atoms in total. The molecule has 0 spiro atoms. The van der Waals surface area contributed by atoms with E-state index in [4.69, 9.17) is 17.7 Å². The van der Waals surface area contributed by atoms with Crippen LogP contribution in [-0.2, 0) is 10.1 Å². The Labute approximate surface area is 137 Å². The summed E-state index contributed by atoms with van der Waals surface area (Å²) in [5, 5.41) is 2.35. The minimum absolute atomic E-state index is 0.886. The van der Waals surface area contributed by atoms with E-state index in [2.05, 4.69) is 18.2 Å². The number of nitrogens with zero attached hydrogens (tertiary/aromatic N) is 1. The number of hydrogen-bond donors (Lipinski definition) is 0. The second-order valence-corrected chi connectivity index (χ2v) is 6.26. The summed E-state index contributed by atoms with van der Waals surface area (Å²) in [5.74, 6) is 1.79. The Morgan fingerprint density at radius 2 is 1.58 bits per heavy atom. The molecule has 0 aliphatic heterocycles. The largest absolute Gasteiger partial charge is 0.741 e. The number of rotatable bonds is 1. The van der Waals surface area contributed by atoms with Crippen LogP contribution in [0, 0.1) is 0 Å². The molecule has 2 rings (SSSR count). The average Bonchev–Trinajstić information content (AvgIpc) is 2.46. The van der Waals surface area contributed by atoms with Crippen LogP contribution in [0.15, 0.2) is 42.5 Å². The molecule has 2 aromatic carbocycles. The summed E-state index contributed by atoms with van der Waals surface area (Å²) in [6.07, 6.45) is 0. The maximum atomic E-state index is 10.7. The number of alkyl halides is 3. The van der Waals surface area contributed by atoms with Gasteiger partial charge in [0.2, 0.25) is 0 Å². The van der Waals surface area contributed by atoms with E-state index in [-0.39, 0.29) is 0 Å². The lowest BCUT2D eigenvalue weighted by Crippen LogP contribution is -2.21. The summed E-state index contributed by atoms with van der Waals surface area (Å²) < 4.78 is 66.7. The first-order chi connectivity index (χ1) is 10.9. The third-order valence-electron chi connectivity index (χ3n) is 2.92. The molecule has 2 aromatic rings. The Balaban J connectivity index is 0.000000307. The Morgan fingerprint density at radius 1 is 1.08 bits per heavy atom. The standard InChI is InChI=1S/C14H16NO.CHF3O3S/c1-11(15(2)3)16-14-10-6-8-12-7-4-5-9-13(12)14;2-1(3,4)8(5,6)7/h4-10H,1-3H3;(H,5,6,7)/q+1;/p-1. The molecule has 0 radical (unpaired) electrons. The number of hydrogen-bond acceptors (Lipinski definition) is 4. The van der Waals surface area contributed by atoms with Crippen molar-refractivity contribution in [2.75, 3.05) is 14.1 Å². The van der Waals surface area contributed by atoms with Crippen molar-refractivity contribution in [2.24, 2.45) is 0 Å². The van der Waals surface area contributed by atoms with Crippen molar-refractivity contribution in [1.29, 1.82) is 0 Å². The number of fused-ring (bicyclic) bond motifs is 1. The van der Waals surface area contributed by atoms with E-state index < -0.39 is 15.6 Å². The maximum absolute atomic E-state index is 10.7. The van der Waals surface area contributed by atoms with Crippen molar-refractivity contribution < 1.29 is 35.5 Å². The molecule has 0 saturated heterocycles. The third kappa shape index (κ3) is 5.50. The first kappa shape index (κ1) is 19.9. The fourth-order valence-corrected chi connectivity index (χ4v) is 1.54. The van der Waals surface area contributed by atoms with Crippen LogP contribution in [0.2, 0.25) is 0 Å². The van der Waals surface area contributed by atoms with Gasteiger partial charge in [-0.2, -0.15) is 13.2 Å². The molecule has 0 atom stereocenters. The van der Waals surface area contributed by atoms with Crippen LogP contribution in [0.1, 0.15) is 6.92 Å². The predicted octanol–water partition coefficient (Wildman–Crippen LogP) is 2.96. The minimum atomic E-state index is -6.09. The van der Waals surface area contributed by atoms with Gasteiger partial charge in [-0.1, -0.05) is 36.4 Å². The molecule has 0 amide bonds. The van der Waals surface area contributed by atoms with Gasteiger partial charge >= 0.3 is 11.4 Å². The van der Waals surface area contributed by atoms with Crippen LogP contribution < -0.4 is 4.74 Å². The molecule has 0 unspecified atom stereocenters. The summed E-state index contributed by atoms with van der Waals surface area (Å²) in [7, 11) is -2.14. The van der Waals surface area contributed by atoms with Crippen molar-refractivity contribution in [3.8, 4) is 5.75 Å². The Morgan fingerprint density at radius 3 is 2.08 bits per heavy atom. The van der Waals surface area contributed by atoms with E-state index in [1.807, 2.05) is 49.9 Å². The lowest BCUT2D eigenvalue weighted by Gasteiger charge is -2.08. The van der Waals surface area contributed by atoms with Crippen LogP contribution in [0.25, 0.3) is 10.8 Å². The summed E-state index contributed by atoms with van der Waals surface area (Å²) in [4.78, 5) is 0. The van der Waals surface area contributed by atoms with Gasteiger partial charge in [0.1, 0.15) is 19.8 Å². The fourth-order valence-electron chi connectivity index (χ4n) is 1.54. The van der Waals surface area contributed by atoms with Gasteiger partial charge in [-0.05, 0) is 11.5 Å². The minimum Gasteiger partial charge on any atom is -0.741 e. The van der Waals surface area contributed by atoms with Gasteiger partial charge in [-0.3, -0.25) is 0 Å². The zero-order chi connectivity index (χ0) is 18.5. The van der Waals surface area contributed by atoms with Gasteiger partial charge in [-0.25, -0.2) is 13.0 Å². The highest BCUT2D eigenvalue weighted by Crippen LogP contribution is 2.25. The van der Waals surface area contributed by atoms with E-state index >= 15 is 0 Å². The summed E-state index contributed by atoms with van der Waals surface area (Å²) in [6, 6.07) is 14.3. The zero-order valence-corrected chi connectivity index (χ0v) is 14.0. The van der Waals surface area contributed by atoms with E-state index in [9.17, 15) is 13.2 Å². The zero-order valence-electron chi connectivity index (χ0n) is 13.2. The van der Waals surface area contributed by atoms with Crippen molar-refractivity contribution in [3.05, 3.63) is 42.5 Å². The highest BCUT2D eigenvalue weighted by molar-refractivity contribution is 7.86.